The van der Waals surface area contributed by atoms with Crippen LogP contribution >= 0.6 is 0 Å². The first-order valence-corrected chi connectivity index (χ1v) is 8.61. The van der Waals surface area contributed by atoms with Crippen molar-refractivity contribution in [1.82, 2.24) is 10.2 Å². The van der Waals surface area contributed by atoms with Crippen LogP contribution in [0.15, 0.2) is 0 Å². The molecule has 1 heterocycles. The molecule has 1 N–H and O–H groups in total. The van der Waals surface area contributed by atoms with Gasteiger partial charge in [-0.2, -0.15) is 0 Å². The minimum atomic E-state index is -3.15. The second-order valence-corrected chi connectivity index (χ2v) is 8.01. The molecular weight excluding hydrogens is 268 g/mol. The van der Waals surface area contributed by atoms with Crippen molar-refractivity contribution < 1.29 is 18.0 Å². The SMILES string of the molecule is CC1CCC2(CC1)C(=O)NC(=O)N2CCS(C)(=O)=O. The summed E-state index contributed by atoms with van der Waals surface area (Å²) >= 11 is 0. The molecule has 0 aromatic rings. The van der Waals surface area contributed by atoms with E-state index < -0.39 is 21.4 Å². The summed E-state index contributed by atoms with van der Waals surface area (Å²) in [5.74, 6) is 0.175. The Hall–Kier alpha value is -1.11. The molecule has 0 atom stereocenters. The molecule has 0 aromatic carbocycles. The summed E-state index contributed by atoms with van der Waals surface area (Å²) in [4.78, 5) is 25.4. The van der Waals surface area contributed by atoms with Crippen molar-refractivity contribution in [2.75, 3.05) is 18.6 Å². The number of hydrogen-bond donors (Lipinski definition) is 1. The fraction of sp³-hybridized carbons (Fsp3) is 0.833. The first kappa shape index (κ1) is 14.3. The average molecular weight is 288 g/mol. The van der Waals surface area contributed by atoms with Gasteiger partial charge in [-0.05, 0) is 31.6 Å². The normalized spacial score (nSPS) is 31.9. The second kappa shape index (κ2) is 4.77. The van der Waals surface area contributed by atoms with Crippen LogP contribution in [0.4, 0.5) is 4.79 Å². The number of sulfone groups is 1. The molecule has 1 spiro atoms. The Balaban J connectivity index is 2.18. The van der Waals surface area contributed by atoms with E-state index in [4.69, 9.17) is 0 Å². The molecule has 0 bridgehead atoms. The van der Waals surface area contributed by atoms with Crippen LogP contribution in [0.3, 0.4) is 0 Å². The summed E-state index contributed by atoms with van der Waals surface area (Å²) < 4.78 is 22.5. The Bertz CT molecular complexity index is 492. The summed E-state index contributed by atoms with van der Waals surface area (Å²) in [5.41, 5.74) is -0.811. The van der Waals surface area contributed by atoms with Gasteiger partial charge in [0.2, 0.25) is 0 Å². The molecule has 2 rings (SSSR count). The summed E-state index contributed by atoms with van der Waals surface area (Å²) in [6, 6.07) is -0.455. The molecule has 1 aliphatic carbocycles. The van der Waals surface area contributed by atoms with Gasteiger partial charge in [0, 0.05) is 12.8 Å². The molecule has 19 heavy (non-hydrogen) atoms. The van der Waals surface area contributed by atoms with Gasteiger partial charge in [-0.15, -0.1) is 0 Å². The molecule has 0 radical (unpaired) electrons. The Labute approximate surface area is 113 Å². The van der Waals surface area contributed by atoms with Crippen molar-refractivity contribution in [2.24, 2.45) is 5.92 Å². The number of amides is 3. The van der Waals surface area contributed by atoms with Crippen LogP contribution in [-0.2, 0) is 14.6 Å². The van der Waals surface area contributed by atoms with E-state index in [-0.39, 0.29) is 18.2 Å². The molecule has 7 heteroatoms. The standard InChI is InChI=1S/C12H20N2O4S/c1-9-3-5-12(6-4-9)10(15)13-11(16)14(12)7-8-19(2,17)18/h9H,3-8H2,1-2H3,(H,13,15,16). The highest BCUT2D eigenvalue weighted by molar-refractivity contribution is 7.90. The minimum absolute atomic E-state index is 0.0881. The summed E-state index contributed by atoms with van der Waals surface area (Å²) in [6.07, 6.45) is 4.15. The molecule has 1 aliphatic heterocycles. The van der Waals surface area contributed by atoms with E-state index in [0.29, 0.717) is 18.8 Å². The molecule has 1 saturated carbocycles. The van der Waals surface area contributed by atoms with Crippen molar-refractivity contribution in [3.8, 4) is 0 Å². The third kappa shape index (κ3) is 2.75. The van der Waals surface area contributed by atoms with E-state index >= 15 is 0 Å². The molecule has 2 fully saturated rings. The Kier molecular flexibility index (Phi) is 3.59. The van der Waals surface area contributed by atoms with E-state index in [0.717, 1.165) is 19.1 Å². The third-order valence-electron chi connectivity index (χ3n) is 4.19. The van der Waals surface area contributed by atoms with E-state index in [9.17, 15) is 18.0 Å². The highest BCUT2D eigenvalue weighted by Crippen LogP contribution is 2.39. The molecule has 6 nitrogen and oxygen atoms in total. The largest absolute Gasteiger partial charge is 0.325 e. The van der Waals surface area contributed by atoms with E-state index in [2.05, 4.69) is 12.2 Å². The Morgan fingerprint density at radius 2 is 1.89 bits per heavy atom. The van der Waals surface area contributed by atoms with Crippen LogP contribution in [0, 0.1) is 5.92 Å². The number of urea groups is 1. The minimum Gasteiger partial charge on any atom is -0.309 e. The molecule has 108 valence electrons. The first-order chi connectivity index (χ1) is 8.74. The lowest BCUT2D eigenvalue weighted by Crippen LogP contribution is -2.52. The van der Waals surface area contributed by atoms with Gasteiger partial charge in [-0.3, -0.25) is 10.1 Å². The van der Waals surface area contributed by atoms with Gasteiger partial charge in [0.25, 0.3) is 5.91 Å². The summed E-state index contributed by atoms with van der Waals surface area (Å²) in [6.45, 7) is 2.22. The number of carbonyl (C=O) groups excluding carboxylic acids is 2. The van der Waals surface area contributed by atoms with Gasteiger partial charge in [-0.1, -0.05) is 6.92 Å². The Morgan fingerprint density at radius 1 is 1.32 bits per heavy atom. The van der Waals surface area contributed by atoms with Gasteiger partial charge in [0.15, 0.2) is 0 Å². The lowest BCUT2D eigenvalue weighted by molar-refractivity contribution is -0.128. The number of rotatable bonds is 3. The fourth-order valence-electron chi connectivity index (χ4n) is 2.91. The molecule has 2 aliphatic rings. The summed E-state index contributed by atoms with van der Waals surface area (Å²) in [5, 5.41) is 2.33. The predicted octanol–water partition coefficient (Wildman–Crippen LogP) is 0.532. The number of hydrogen-bond acceptors (Lipinski definition) is 4. The summed E-state index contributed by atoms with van der Waals surface area (Å²) in [7, 11) is -3.15. The smallest absolute Gasteiger partial charge is 0.309 e. The van der Waals surface area contributed by atoms with Crippen molar-refractivity contribution in [2.45, 2.75) is 38.1 Å². The molecule has 0 aromatic heterocycles. The van der Waals surface area contributed by atoms with Gasteiger partial charge in [0.05, 0.1) is 5.75 Å². The lowest BCUT2D eigenvalue weighted by Gasteiger charge is -2.40. The number of nitrogens with zero attached hydrogens (tertiary/aromatic N) is 1. The first-order valence-electron chi connectivity index (χ1n) is 6.55. The Morgan fingerprint density at radius 3 is 2.42 bits per heavy atom. The van der Waals surface area contributed by atoms with E-state index in [1.54, 1.807) is 0 Å². The van der Waals surface area contributed by atoms with Crippen molar-refractivity contribution in [3.63, 3.8) is 0 Å². The van der Waals surface area contributed by atoms with Crippen molar-refractivity contribution in [3.05, 3.63) is 0 Å². The molecule has 3 amide bonds. The van der Waals surface area contributed by atoms with Gasteiger partial charge >= 0.3 is 6.03 Å². The van der Waals surface area contributed by atoms with Crippen LogP contribution in [0.2, 0.25) is 0 Å². The number of carbonyl (C=O) groups is 2. The van der Waals surface area contributed by atoms with Gasteiger partial charge < -0.3 is 4.90 Å². The lowest BCUT2D eigenvalue weighted by atomic mass is 9.76. The molecular formula is C12H20N2O4S. The quantitative estimate of drug-likeness (QED) is 0.768. The van der Waals surface area contributed by atoms with E-state index in [1.165, 1.54) is 4.90 Å². The number of imide groups is 1. The van der Waals surface area contributed by atoms with Gasteiger partial charge in [-0.25, -0.2) is 13.2 Å². The molecule has 0 unspecified atom stereocenters. The van der Waals surface area contributed by atoms with Crippen LogP contribution in [0.1, 0.15) is 32.6 Å². The van der Waals surface area contributed by atoms with Crippen LogP contribution in [0.25, 0.3) is 0 Å². The predicted molar refractivity (Wildman–Crippen MR) is 70.3 cm³/mol. The highest BCUT2D eigenvalue weighted by Gasteiger charge is 2.53. The van der Waals surface area contributed by atoms with Crippen LogP contribution < -0.4 is 5.32 Å². The van der Waals surface area contributed by atoms with Gasteiger partial charge in [0.1, 0.15) is 15.4 Å². The van der Waals surface area contributed by atoms with Crippen LogP contribution in [-0.4, -0.2) is 49.3 Å². The van der Waals surface area contributed by atoms with E-state index in [1.807, 2.05) is 0 Å². The number of nitrogens with one attached hydrogen (secondary N) is 1. The monoisotopic (exact) mass is 288 g/mol. The second-order valence-electron chi connectivity index (χ2n) is 5.75. The average Bonchev–Trinajstić information content (AvgIpc) is 2.51. The highest BCUT2D eigenvalue weighted by atomic mass is 32.2. The zero-order valence-corrected chi connectivity index (χ0v) is 12.1. The topological polar surface area (TPSA) is 83.6 Å². The zero-order chi connectivity index (χ0) is 14.3. The van der Waals surface area contributed by atoms with Crippen molar-refractivity contribution in [1.29, 1.82) is 0 Å². The maximum atomic E-state index is 12.1. The zero-order valence-electron chi connectivity index (χ0n) is 11.3. The third-order valence-corrected chi connectivity index (χ3v) is 5.12. The fourth-order valence-corrected chi connectivity index (χ4v) is 3.42. The maximum absolute atomic E-state index is 12.1. The molecule has 1 saturated heterocycles. The van der Waals surface area contributed by atoms with Crippen LogP contribution in [0.5, 0.6) is 0 Å². The maximum Gasteiger partial charge on any atom is 0.325 e. The van der Waals surface area contributed by atoms with Crippen molar-refractivity contribution >= 4 is 21.8 Å².